The molecular formula is C48H41ClN4O11PS2+. The van der Waals surface area contributed by atoms with Crippen molar-refractivity contribution in [3.05, 3.63) is 150 Å². The molecule has 15 nitrogen and oxygen atoms in total. The predicted molar refractivity (Wildman–Crippen MR) is 262 cm³/mol. The number of ether oxygens (including phenoxy) is 2. The topological polar surface area (TPSA) is 208 Å². The molecular weight excluding hydrogens is 939 g/mol. The normalized spacial score (nSPS) is 14.9. The summed E-state index contributed by atoms with van der Waals surface area (Å²) >= 11 is 6.44. The summed E-state index contributed by atoms with van der Waals surface area (Å²) < 4.78 is 28.0. The first-order chi connectivity index (χ1) is 32.4. The number of nitrogens with zero attached hydrogens (tertiary/aromatic N) is 3. The Kier molecular flexibility index (Phi) is 14.5. The van der Waals surface area contributed by atoms with E-state index < -0.39 is 32.1 Å². The van der Waals surface area contributed by atoms with Crippen LogP contribution in [0, 0.1) is 0 Å². The van der Waals surface area contributed by atoms with E-state index in [1.165, 1.54) is 44.7 Å². The number of fused-ring (bicyclic) bond motifs is 6. The average molecular weight is 980 g/mol. The zero-order valence-corrected chi connectivity index (χ0v) is 38.7. The summed E-state index contributed by atoms with van der Waals surface area (Å²) in [5.74, 6) is -3.13. The van der Waals surface area contributed by atoms with E-state index in [1.807, 2.05) is 49.4 Å². The van der Waals surface area contributed by atoms with Crippen molar-refractivity contribution < 1.29 is 53.2 Å². The van der Waals surface area contributed by atoms with Crippen molar-refractivity contribution in [1.82, 2.24) is 4.98 Å². The number of aliphatic hydroxyl groups excluding tert-OH is 2. The van der Waals surface area contributed by atoms with Crippen LogP contribution >= 0.6 is 41.4 Å². The summed E-state index contributed by atoms with van der Waals surface area (Å²) in [5, 5.41) is 35.1. The molecule has 0 saturated heterocycles. The second-order valence-electron chi connectivity index (χ2n) is 15.3. The van der Waals surface area contributed by atoms with Gasteiger partial charge in [-0.1, -0.05) is 77.5 Å². The van der Waals surface area contributed by atoms with Crippen molar-refractivity contribution in [2.75, 3.05) is 40.7 Å². The largest absolute Gasteiger partial charge is 0.747 e. The second kappa shape index (κ2) is 20.8. The molecule has 5 N–H and O–H groups in total. The Morgan fingerprint density at radius 2 is 1.57 bits per heavy atom. The molecule has 0 radical (unpaired) electrons. The van der Waals surface area contributed by atoms with Gasteiger partial charge >= 0.3 is 26.2 Å². The monoisotopic (exact) mass is 979 g/mol. The minimum Gasteiger partial charge on any atom is -0.476 e. The lowest BCUT2D eigenvalue weighted by molar-refractivity contribution is -0.114. The maximum absolute atomic E-state index is 14.0. The van der Waals surface area contributed by atoms with Gasteiger partial charge in [0.1, 0.15) is 17.4 Å². The highest BCUT2D eigenvalue weighted by atomic mass is 35.5. The number of hydrogen-bond donors (Lipinski definition) is 5. The van der Waals surface area contributed by atoms with E-state index in [4.69, 9.17) is 25.6 Å². The molecule has 0 spiro atoms. The fourth-order valence-electron chi connectivity index (χ4n) is 7.94. The number of hydrogen-bond acceptors (Lipinski definition) is 13. The number of carbonyl (C=O) groups is 3. The highest BCUT2D eigenvalue weighted by molar-refractivity contribution is 8.76. The lowest BCUT2D eigenvalue weighted by Gasteiger charge is -2.18. The predicted octanol–water partition coefficient (Wildman–Crippen LogP) is 11.0. The molecule has 6 aromatic rings. The van der Waals surface area contributed by atoms with Crippen LogP contribution in [0.1, 0.15) is 35.1 Å². The van der Waals surface area contributed by atoms with E-state index >= 15 is 0 Å². The second-order valence-corrected chi connectivity index (χ2v) is 18.9. The molecule has 2 aliphatic rings. The van der Waals surface area contributed by atoms with Crippen molar-refractivity contribution in [2.45, 2.75) is 29.5 Å². The molecule has 5 aromatic carbocycles. The van der Waals surface area contributed by atoms with E-state index in [1.54, 1.807) is 71.8 Å². The Morgan fingerprint density at radius 1 is 0.881 bits per heavy atom. The summed E-state index contributed by atoms with van der Waals surface area (Å²) in [7, 11) is -0.00658. The molecule has 342 valence electrons. The van der Waals surface area contributed by atoms with Crippen LogP contribution < -0.4 is 24.4 Å². The van der Waals surface area contributed by atoms with E-state index in [0.717, 1.165) is 21.5 Å². The van der Waals surface area contributed by atoms with Gasteiger partial charge in [-0.25, -0.2) is 14.3 Å². The summed E-state index contributed by atoms with van der Waals surface area (Å²) in [6, 6.07) is 28.2. The molecule has 1 aromatic heterocycles. The molecule has 8 rings (SSSR count). The number of aliphatic hydroxyl groups is 3. The SMILES string of the molecule is CC(COC(=O)Nc1cc(/C=C/C(=O)N2CC(CCl)c3c2cc(OC(O)=C(O)O)c2ccccc32)ccc1/C=C/C(=O)N1CCc2c1cc(O[P+](=O)O)c1ccccc21)SSc1ccccn1. The van der Waals surface area contributed by atoms with Gasteiger partial charge in [0.15, 0.2) is 5.75 Å². The molecule has 19 heteroatoms. The Bertz CT molecular complexity index is 3010. The number of alkyl halides is 1. The number of pyridine rings is 1. The minimum absolute atomic E-state index is 0.0765. The van der Waals surface area contributed by atoms with Crippen LogP contribution in [-0.2, 0) is 25.3 Å². The van der Waals surface area contributed by atoms with Crippen molar-refractivity contribution in [3.8, 4) is 11.5 Å². The quantitative estimate of drug-likeness (QED) is 0.0213. The summed E-state index contributed by atoms with van der Waals surface area (Å²) in [6.07, 6.45) is 7.36. The van der Waals surface area contributed by atoms with Crippen LogP contribution in [0.4, 0.5) is 21.9 Å². The summed E-state index contributed by atoms with van der Waals surface area (Å²) in [5.41, 5.74) is 3.94. The fourth-order valence-corrected chi connectivity index (χ4v) is 10.4. The molecule has 67 heavy (non-hydrogen) atoms. The number of rotatable bonds is 15. The van der Waals surface area contributed by atoms with Gasteiger partial charge < -0.3 is 34.6 Å². The number of halogens is 1. The van der Waals surface area contributed by atoms with E-state index in [9.17, 15) is 39.2 Å². The number of aromatic nitrogens is 1. The van der Waals surface area contributed by atoms with E-state index in [2.05, 4.69) is 10.3 Å². The lowest BCUT2D eigenvalue weighted by atomic mass is 9.95. The third-order valence-electron chi connectivity index (χ3n) is 10.9. The zero-order chi connectivity index (χ0) is 47.2. The van der Waals surface area contributed by atoms with Gasteiger partial charge in [0.05, 0.1) is 17.1 Å². The molecule has 2 aliphatic heterocycles. The van der Waals surface area contributed by atoms with E-state index in [0.29, 0.717) is 51.6 Å². The first kappa shape index (κ1) is 46.8. The van der Waals surface area contributed by atoms with Crippen LogP contribution in [0.3, 0.4) is 0 Å². The highest BCUT2D eigenvalue weighted by Crippen LogP contribution is 2.46. The first-order valence-corrected chi connectivity index (χ1v) is 24.6. The maximum atomic E-state index is 14.0. The molecule has 0 aliphatic carbocycles. The van der Waals surface area contributed by atoms with Crippen LogP contribution in [0.25, 0.3) is 33.7 Å². The molecule has 0 bridgehead atoms. The van der Waals surface area contributed by atoms with Gasteiger partial charge in [-0.15, -0.1) is 16.5 Å². The van der Waals surface area contributed by atoms with Crippen molar-refractivity contribution in [3.63, 3.8) is 0 Å². The zero-order valence-electron chi connectivity index (χ0n) is 35.4. The van der Waals surface area contributed by atoms with Crippen molar-refractivity contribution in [2.24, 2.45) is 0 Å². The maximum Gasteiger partial charge on any atom is 0.747 e. The van der Waals surface area contributed by atoms with Crippen LogP contribution in [0.2, 0.25) is 0 Å². The number of benzene rings is 5. The third kappa shape index (κ3) is 10.6. The third-order valence-corrected chi connectivity index (χ3v) is 14.4. The molecule has 0 fully saturated rings. The molecule has 3 unspecified atom stereocenters. The summed E-state index contributed by atoms with van der Waals surface area (Å²) in [4.78, 5) is 58.2. The molecule has 0 saturated carbocycles. The van der Waals surface area contributed by atoms with Crippen LogP contribution in [-0.4, -0.2) is 73.9 Å². The van der Waals surface area contributed by atoms with Gasteiger partial charge in [0.2, 0.25) is 0 Å². The minimum atomic E-state index is -2.97. The number of anilines is 3. The van der Waals surface area contributed by atoms with Crippen LogP contribution in [0.15, 0.2) is 132 Å². The number of nitrogens with one attached hydrogen (secondary N) is 1. The van der Waals surface area contributed by atoms with Crippen molar-refractivity contribution in [1.29, 1.82) is 0 Å². The first-order valence-electron chi connectivity index (χ1n) is 20.7. The molecule has 3 atom stereocenters. The van der Waals surface area contributed by atoms with E-state index in [-0.39, 0.29) is 53.3 Å². The van der Waals surface area contributed by atoms with Gasteiger partial charge in [-0.3, -0.25) is 14.9 Å². The van der Waals surface area contributed by atoms with Crippen LogP contribution in [0.5, 0.6) is 11.5 Å². The Balaban J connectivity index is 1.05. The van der Waals surface area contributed by atoms with Gasteiger partial charge in [0, 0.05) is 76.0 Å². The molecule has 3 amide bonds. The highest BCUT2D eigenvalue weighted by Gasteiger charge is 2.34. The smallest absolute Gasteiger partial charge is 0.476 e. The Morgan fingerprint density at radius 3 is 2.28 bits per heavy atom. The van der Waals surface area contributed by atoms with Gasteiger partial charge in [0.25, 0.3) is 11.8 Å². The van der Waals surface area contributed by atoms with Gasteiger partial charge in [-0.05, 0) is 87.5 Å². The lowest BCUT2D eigenvalue weighted by Crippen LogP contribution is -2.28. The summed E-state index contributed by atoms with van der Waals surface area (Å²) in [6.45, 7) is 2.57. The number of carbonyl (C=O) groups excluding carboxylic acids is 3. The Hall–Kier alpha value is -6.75. The number of amides is 3. The Labute approximate surface area is 397 Å². The average Bonchev–Trinajstić information content (AvgIpc) is 3.94. The fraction of sp³-hybridized carbons (Fsp3) is 0.167. The molecule has 3 heterocycles. The standard InChI is InChI=1S/C48H40ClN4O11PS2/c1-28(66-67-42-12-6-7-20-50-42)27-62-48(59)51-37-22-29(13-15-30(37)16-18-43(54)52-21-19-33-32-8-2-3-9-34(32)41(23-38(33)52)64-65(60)61)14-17-44(55)53-26-31(25-49)45-36-11-5-4-10-35(36)40(24-39(45)53)63-47(58)46(56)57/h2-18,20,22-24,28,31H,19,21,25-27H2,1H3,(H4-,51,54,55,56,57,58,59,60,61)/p+1. The van der Waals surface area contributed by atoms with Crippen molar-refractivity contribution >= 4 is 110 Å². The van der Waals surface area contributed by atoms with Gasteiger partial charge in [-0.2, -0.15) is 0 Å².